The minimum atomic E-state index is -0.449. The first-order valence-corrected chi connectivity index (χ1v) is 6.64. The van der Waals surface area contributed by atoms with Crippen molar-refractivity contribution in [1.82, 2.24) is 5.32 Å². The highest BCUT2D eigenvalue weighted by Gasteiger charge is 2.50. The molecule has 5 nitrogen and oxygen atoms in total. The number of amides is 1. The number of hydrogen-bond donors (Lipinski definition) is 2. The summed E-state index contributed by atoms with van der Waals surface area (Å²) >= 11 is 0. The van der Waals surface area contributed by atoms with Crippen molar-refractivity contribution < 1.29 is 14.3 Å². The van der Waals surface area contributed by atoms with Gasteiger partial charge in [-0.2, -0.15) is 0 Å². The van der Waals surface area contributed by atoms with Crippen molar-refractivity contribution in [2.75, 3.05) is 13.2 Å². The van der Waals surface area contributed by atoms with Crippen molar-refractivity contribution in [3.8, 4) is 0 Å². The third-order valence-electron chi connectivity index (χ3n) is 3.78. The second-order valence-electron chi connectivity index (χ2n) is 6.56. The number of hydrogen-bond acceptors (Lipinski definition) is 4. The van der Waals surface area contributed by atoms with Gasteiger partial charge < -0.3 is 20.5 Å². The minimum absolute atomic E-state index is 0.0813. The van der Waals surface area contributed by atoms with E-state index >= 15 is 0 Å². The summed E-state index contributed by atoms with van der Waals surface area (Å²) in [6.07, 6.45) is 2.37. The fourth-order valence-corrected chi connectivity index (χ4v) is 2.82. The van der Waals surface area contributed by atoms with E-state index in [1.54, 1.807) is 0 Å². The van der Waals surface area contributed by atoms with Crippen LogP contribution >= 0.6 is 0 Å². The second-order valence-corrected chi connectivity index (χ2v) is 6.56. The van der Waals surface area contributed by atoms with Gasteiger partial charge >= 0.3 is 6.09 Å². The Morgan fingerprint density at radius 2 is 2.11 bits per heavy atom. The molecule has 104 valence electrons. The predicted molar refractivity (Wildman–Crippen MR) is 68.2 cm³/mol. The first-order valence-electron chi connectivity index (χ1n) is 6.64. The van der Waals surface area contributed by atoms with Gasteiger partial charge in [-0.25, -0.2) is 4.79 Å². The Kier molecular flexibility index (Phi) is 3.56. The first-order chi connectivity index (χ1) is 8.31. The Morgan fingerprint density at radius 3 is 2.67 bits per heavy atom. The van der Waals surface area contributed by atoms with Crippen molar-refractivity contribution in [2.24, 2.45) is 11.1 Å². The maximum Gasteiger partial charge on any atom is 0.407 e. The van der Waals surface area contributed by atoms with Crippen LogP contribution in [-0.4, -0.2) is 37.0 Å². The molecule has 2 rings (SSSR count). The van der Waals surface area contributed by atoms with Gasteiger partial charge in [0.05, 0.1) is 6.61 Å². The van der Waals surface area contributed by atoms with Crippen molar-refractivity contribution in [3.05, 3.63) is 0 Å². The lowest BCUT2D eigenvalue weighted by atomic mass is 9.60. The Morgan fingerprint density at radius 1 is 1.44 bits per heavy atom. The molecule has 2 fully saturated rings. The van der Waals surface area contributed by atoms with Crippen LogP contribution in [0, 0.1) is 5.41 Å². The number of carbonyl (C=O) groups is 1. The molecule has 2 aliphatic rings. The highest BCUT2D eigenvalue weighted by atomic mass is 16.6. The SMILES string of the molecule is CC(C)(C)OC(=O)NC1CC2(COCCC2N)C1. The number of ether oxygens (including phenoxy) is 2. The van der Waals surface area contributed by atoms with E-state index in [1.807, 2.05) is 20.8 Å². The summed E-state index contributed by atoms with van der Waals surface area (Å²) in [5, 5.41) is 2.89. The van der Waals surface area contributed by atoms with Gasteiger partial charge in [0.15, 0.2) is 0 Å². The van der Waals surface area contributed by atoms with Gasteiger partial charge in [-0.3, -0.25) is 0 Å². The summed E-state index contributed by atoms with van der Waals surface area (Å²) in [4.78, 5) is 11.6. The molecule has 1 saturated heterocycles. The van der Waals surface area contributed by atoms with Gasteiger partial charge in [0.25, 0.3) is 0 Å². The average Bonchev–Trinajstić information content (AvgIpc) is 2.16. The van der Waals surface area contributed by atoms with Crippen molar-refractivity contribution >= 4 is 6.09 Å². The zero-order chi connectivity index (χ0) is 13.4. The van der Waals surface area contributed by atoms with E-state index in [9.17, 15) is 4.79 Å². The zero-order valence-corrected chi connectivity index (χ0v) is 11.5. The predicted octanol–water partition coefficient (Wildman–Crippen LogP) is 1.41. The number of alkyl carbamates (subject to hydrolysis) is 1. The van der Waals surface area contributed by atoms with Crippen LogP contribution in [0.1, 0.15) is 40.0 Å². The lowest BCUT2D eigenvalue weighted by molar-refractivity contribution is -0.0827. The molecule has 1 heterocycles. The largest absolute Gasteiger partial charge is 0.444 e. The molecule has 1 unspecified atom stereocenters. The van der Waals surface area contributed by atoms with E-state index in [4.69, 9.17) is 15.2 Å². The molecular formula is C13H24N2O3. The number of nitrogens with one attached hydrogen (secondary N) is 1. The number of carbonyl (C=O) groups excluding carboxylic acids is 1. The lowest BCUT2D eigenvalue weighted by Gasteiger charge is -2.53. The van der Waals surface area contributed by atoms with Crippen molar-refractivity contribution in [1.29, 1.82) is 0 Å². The van der Waals surface area contributed by atoms with E-state index in [0.717, 1.165) is 32.5 Å². The maximum absolute atomic E-state index is 11.6. The van der Waals surface area contributed by atoms with Gasteiger partial charge in [-0.1, -0.05) is 0 Å². The van der Waals surface area contributed by atoms with E-state index in [0.29, 0.717) is 0 Å². The van der Waals surface area contributed by atoms with Gasteiger partial charge in [0, 0.05) is 24.1 Å². The molecule has 0 radical (unpaired) electrons. The van der Waals surface area contributed by atoms with Crippen LogP contribution in [0.5, 0.6) is 0 Å². The lowest BCUT2D eigenvalue weighted by Crippen LogP contribution is -2.62. The standard InChI is InChI=1S/C13H24N2O3/c1-12(2,3)18-11(16)15-9-6-13(7-9)8-17-5-4-10(13)14/h9-10H,4-8,14H2,1-3H3,(H,15,16). The molecule has 1 spiro atoms. The van der Waals surface area contributed by atoms with Crippen LogP contribution in [0.2, 0.25) is 0 Å². The van der Waals surface area contributed by atoms with Gasteiger partial charge in [0.2, 0.25) is 0 Å². The summed E-state index contributed by atoms with van der Waals surface area (Å²) in [6, 6.07) is 0.371. The Balaban J connectivity index is 1.77. The normalized spacial score (nSPS) is 36.0. The summed E-state index contributed by atoms with van der Waals surface area (Å²) in [6.45, 7) is 7.06. The fraction of sp³-hybridized carbons (Fsp3) is 0.923. The average molecular weight is 256 g/mol. The topological polar surface area (TPSA) is 73.6 Å². The van der Waals surface area contributed by atoms with Crippen LogP contribution < -0.4 is 11.1 Å². The maximum atomic E-state index is 11.6. The molecule has 1 aliphatic heterocycles. The van der Waals surface area contributed by atoms with E-state index in [-0.39, 0.29) is 23.6 Å². The van der Waals surface area contributed by atoms with Gasteiger partial charge in [0.1, 0.15) is 5.60 Å². The summed E-state index contributed by atoms with van der Waals surface area (Å²) in [5.41, 5.74) is 5.78. The third kappa shape index (κ3) is 2.95. The zero-order valence-electron chi connectivity index (χ0n) is 11.5. The van der Waals surface area contributed by atoms with E-state index in [2.05, 4.69) is 5.32 Å². The fourth-order valence-electron chi connectivity index (χ4n) is 2.82. The van der Waals surface area contributed by atoms with Crippen LogP contribution in [0.15, 0.2) is 0 Å². The molecule has 3 N–H and O–H groups in total. The Bertz CT molecular complexity index is 319. The summed E-state index contributed by atoms with van der Waals surface area (Å²) < 4.78 is 10.7. The molecule has 1 saturated carbocycles. The van der Waals surface area contributed by atoms with E-state index in [1.165, 1.54) is 0 Å². The monoisotopic (exact) mass is 256 g/mol. The Labute approximate surface area is 108 Å². The third-order valence-corrected chi connectivity index (χ3v) is 3.78. The van der Waals surface area contributed by atoms with Crippen LogP contribution in [0.3, 0.4) is 0 Å². The molecule has 0 aromatic rings. The highest BCUT2D eigenvalue weighted by Crippen LogP contribution is 2.46. The first kappa shape index (κ1) is 13.6. The van der Waals surface area contributed by atoms with E-state index < -0.39 is 5.60 Å². The molecular weight excluding hydrogens is 232 g/mol. The molecule has 0 bridgehead atoms. The van der Waals surface area contributed by atoms with Gasteiger partial charge in [-0.05, 0) is 40.0 Å². The molecule has 1 atom stereocenters. The van der Waals surface area contributed by atoms with Gasteiger partial charge in [-0.15, -0.1) is 0 Å². The molecule has 0 aromatic carbocycles. The smallest absolute Gasteiger partial charge is 0.407 e. The van der Waals surface area contributed by atoms with Crippen molar-refractivity contribution in [3.63, 3.8) is 0 Å². The molecule has 18 heavy (non-hydrogen) atoms. The minimum Gasteiger partial charge on any atom is -0.444 e. The van der Waals surface area contributed by atoms with Crippen molar-refractivity contribution in [2.45, 2.75) is 57.7 Å². The molecule has 0 aromatic heterocycles. The molecule has 1 aliphatic carbocycles. The summed E-state index contributed by atoms with van der Waals surface area (Å²) in [7, 11) is 0. The second kappa shape index (κ2) is 4.70. The van der Waals surface area contributed by atoms with Crippen LogP contribution in [0.4, 0.5) is 4.79 Å². The van der Waals surface area contributed by atoms with Crippen LogP contribution in [-0.2, 0) is 9.47 Å². The number of nitrogens with two attached hydrogens (primary N) is 1. The number of rotatable bonds is 1. The Hall–Kier alpha value is -0.810. The summed E-state index contributed by atoms with van der Waals surface area (Å²) in [5.74, 6) is 0. The molecule has 1 amide bonds. The highest BCUT2D eigenvalue weighted by molar-refractivity contribution is 5.68. The quantitative estimate of drug-likeness (QED) is 0.744. The van der Waals surface area contributed by atoms with Crippen LogP contribution in [0.25, 0.3) is 0 Å². The molecule has 5 heteroatoms.